The molecule has 0 spiro atoms. The molecule has 25 heavy (non-hydrogen) atoms. The first-order chi connectivity index (χ1) is 12.0. The van der Waals surface area contributed by atoms with E-state index in [0.717, 1.165) is 26.2 Å². The summed E-state index contributed by atoms with van der Waals surface area (Å²) in [5, 5.41) is 6.57. The molecule has 2 rings (SSSR count). The quantitative estimate of drug-likeness (QED) is 0.469. The van der Waals surface area contributed by atoms with E-state index in [0.29, 0.717) is 23.9 Å². The standard InChI is InChI=1S/C13H21N7O.C4H6/c1-9-10(17-8-20-6-4-16-5-7-20)12(15-2)18-13(11(14)21)19(9)3;1-3-4-2/h16-17H,1-2,4-8H2,3H3,(H2,14,21);1-2H3. The number of nitrogens with zero attached hydrogens (tertiary/aromatic N) is 4. The molecule has 8 heteroatoms. The van der Waals surface area contributed by atoms with Gasteiger partial charge >= 0.3 is 0 Å². The largest absolute Gasteiger partial charge is 0.368 e. The molecule has 2 aliphatic heterocycles. The van der Waals surface area contributed by atoms with E-state index in [2.05, 4.69) is 50.7 Å². The number of hydrogen-bond acceptors (Lipinski definition) is 7. The molecule has 136 valence electrons. The molecular weight excluding hydrogens is 318 g/mol. The molecule has 0 unspecified atom stereocenters. The Hall–Kier alpha value is -2.63. The Balaban J connectivity index is 0.000000705. The Bertz CT molecular complexity index is 627. The minimum atomic E-state index is -0.624. The summed E-state index contributed by atoms with van der Waals surface area (Å²) in [4.78, 5) is 23.2. The molecule has 8 nitrogen and oxygen atoms in total. The first-order valence-electron chi connectivity index (χ1n) is 7.99. The highest BCUT2D eigenvalue weighted by Crippen LogP contribution is 2.22. The van der Waals surface area contributed by atoms with E-state index in [9.17, 15) is 4.79 Å². The van der Waals surface area contributed by atoms with Gasteiger partial charge in [-0.1, -0.05) is 6.58 Å². The summed E-state index contributed by atoms with van der Waals surface area (Å²) in [6.45, 7) is 15.6. The fourth-order valence-corrected chi connectivity index (χ4v) is 2.23. The smallest absolute Gasteiger partial charge is 0.284 e. The van der Waals surface area contributed by atoms with Crippen LogP contribution in [0.25, 0.3) is 0 Å². The maximum atomic E-state index is 11.4. The van der Waals surface area contributed by atoms with Crippen molar-refractivity contribution in [3.05, 3.63) is 23.8 Å². The predicted octanol–water partition coefficient (Wildman–Crippen LogP) is -0.319. The Morgan fingerprint density at radius 2 is 2.00 bits per heavy atom. The van der Waals surface area contributed by atoms with Gasteiger partial charge in [0.05, 0.1) is 12.4 Å². The second-order valence-electron chi connectivity index (χ2n) is 5.37. The number of hydrogen-bond donors (Lipinski definition) is 3. The minimum Gasteiger partial charge on any atom is -0.368 e. The highest BCUT2D eigenvalue weighted by molar-refractivity contribution is 6.38. The fourth-order valence-electron chi connectivity index (χ4n) is 2.23. The first-order valence-corrected chi connectivity index (χ1v) is 7.99. The van der Waals surface area contributed by atoms with Gasteiger partial charge in [-0.05, 0) is 20.6 Å². The summed E-state index contributed by atoms with van der Waals surface area (Å²) in [6, 6.07) is 0. The van der Waals surface area contributed by atoms with E-state index in [1.54, 1.807) is 11.9 Å². The van der Waals surface area contributed by atoms with Crippen LogP contribution in [-0.4, -0.2) is 68.2 Å². The van der Waals surface area contributed by atoms with Crippen LogP contribution >= 0.6 is 0 Å². The molecule has 4 N–H and O–H groups in total. The number of carbonyl (C=O) groups excluding carboxylic acids is 1. The van der Waals surface area contributed by atoms with E-state index in [1.165, 1.54) is 0 Å². The van der Waals surface area contributed by atoms with Crippen LogP contribution in [-0.2, 0) is 4.79 Å². The summed E-state index contributed by atoms with van der Waals surface area (Å²) in [5.41, 5.74) is 6.56. The maximum absolute atomic E-state index is 11.4. The molecule has 1 saturated heterocycles. The molecule has 0 saturated carbocycles. The van der Waals surface area contributed by atoms with Crippen molar-refractivity contribution < 1.29 is 4.79 Å². The number of rotatable bonds is 5. The number of amidine groups is 1. The molecular formula is C17H27N7O. The summed E-state index contributed by atoms with van der Waals surface area (Å²) in [6.07, 6.45) is 0. The summed E-state index contributed by atoms with van der Waals surface area (Å²) in [5.74, 6) is 5.18. The third-order valence-corrected chi connectivity index (χ3v) is 3.76. The SMILES string of the molecule is C=NC1=C(NCN2CCNCC2)C(=C)N(C)C(C(N)=O)=N1.CC#CC. The zero-order valence-electron chi connectivity index (χ0n) is 15.2. The zero-order valence-corrected chi connectivity index (χ0v) is 15.2. The van der Waals surface area contributed by atoms with Crippen molar-refractivity contribution in [2.24, 2.45) is 15.7 Å². The molecule has 1 amide bonds. The number of nitrogens with two attached hydrogens (primary N) is 1. The minimum absolute atomic E-state index is 0.107. The predicted molar refractivity (Wildman–Crippen MR) is 102 cm³/mol. The number of aliphatic imine (C=N–C) groups is 2. The molecule has 0 aromatic rings. The van der Waals surface area contributed by atoms with Crippen LogP contribution in [0, 0.1) is 11.8 Å². The molecule has 0 aromatic carbocycles. The van der Waals surface area contributed by atoms with Crippen LogP contribution in [0.3, 0.4) is 0 Å². The van der Waals surface area contributed by atoms with E-state index in [1.807, 2.05) is 13.8 Å². The van der Waals surface area contributed by atoms with Gasteiger partial charge in [-0.15, -0.1) is 11.8 Å². The lowest BCUT2D eigenvalue weighted by molar-refractivity contribution is -0.112. The van der Waals surface area contributed by atoms with E-state index >= 15 is 0 Å². The lowest BCUT2D eigenvalue weighted by Crippen LogP contribution is -2.48. The molecule has 0 atom stereocenters. The molecule has 0 aliphatic carbocycles. The number of likely N-dealkylation sites (N-methyl/N-ethyl adjacent to an activating group) is 1. The Labute approximate surface area is 149 Å². The topological polar surface area (TPSA) is 98.4 Å². The normalized spacial score (nSPS) is 17.6. The third kappa shape index (κ3) is 5.74. The van der Waals surface area contributed by atoms with Crippen molar-refractivity contribution in [3.63, 3.8) is 0 Å². The summed E-state index contributed by atoms with van der Waals surface area (Å²) < 4.78 is 0. The van der Waals surface area contributed by atoms with Crippen molar-refractivity contribution in [2.75, 3.05) is 39.9 Å². The van der Waals surface area contributed by atoms with Crippen LogP contribution < -0.4 is 16.4 Å². The van der Waals surface area contributed by atoms with Crippen LogP contribution in [0.15, 0.2) is 33.8 Å². The van der Waals surface area contributed by atoms with E-state index in [4.69, 9.17) is 5.73 Å². The number of amides is 1. The maximum Gasteiger partial charge on any atom is 0.284 e. The van der Waals surface area contributed by atoms with E-state index < -0.39 is 5.91 Å². The Morgan fingerprint density at radius 3 is 2.48 bits per heavy atom. The molecule has 0 radical (unpaired) electrons. The van der Waals surface area contributed by atoms with Gasteiger partial charge in [0.2, 0.25) is 5.84 Å². The van der Waals surface area contributed by atoms with Gasteiger partial charge in [-0.2, -0.15) is 0 Å². The van der Waals surface area contributed by atoms with Gasteiger partial charge < -0.3 is 21.3 Å². The van der Waals surface area contributed by atoms with Crippen molar-refractivity contribution in [2.45, 2.75) is 13.8 Å². The lowest BCUT2D eigenvalue weighted by Gasteiger charge is -2.32. The number of primary amides is 1. The van der Waals surface area contributed by atoms with Gasteiger partial charge in [0.15, 0.2) is 5.82 Å². The van der Waals surface area contributed by atoms with Gasteiger partial charge in [0.25, 0.3) is 5.91 Å². The van der Waals surface area contributed by atoms with Gasteiger partial charge in [0, 0.05) is 33.2 Å². The molecule has 0 aromatic heterocycles. The number of carbonyl (C=O) groups is 1. The van der Waals surface area contributed by atoms with Crippen molar-refractivity contribution in [1.82, 2.24) is 20.4 Å². The van der Waals surface area contributed by atoms with Crippen LogP contribution in [0.5, 0.6) is 0 Å². The summed E-state index contributed by atoms with van der Waals surface area (Å²) >= 11 is 0. The second-order valence-corrected chi connectivity index (χ2v) is 5.37. The number of piperazine rings is 1. The average molecular weight is 345 g/mol. The molecule has 2 aliphatic rings. The monoisotopic (exact) mass is 345 g/mol. The second kappa shape index (κ2) is 10.3. The molecule has 2 heterocycles. The number of nitrogens with one attached hydrogen (secondary N) is 2. The zero-order chi connectivity index (χ0) is 18.8. The fraction of sp³-hybridized carbons (Fsp3) is 0.471. The average Bonchev–Trinajstić information content (AvgIpc) is 2.63. The van der Waals surface area contributed by atoms with Gasteiger partial charge in [0.1, 0.15) is 5.70 Å². The Kier molecular flexibility index (Phi) is 8.39. The van der Waals surface area contributed by atoms with Gasteiger partial charge in [-0.25, -0.2) is 9.98 Å². The van der Waals surface area contributed by atoms with Gasteiger partial charge in [-0.3, -0.25) is 9.69 Å². The first kappa shape index (κ1) is 20.4. The summed E-state index contributed by atoms with van der Waals surface area (Å²) in [7, 11) is 1.69. The van der Waals surface area contributed by atoms with Crippen molar-refractivity contribution >= 4 is 18.5 Å². The molecule has 1 fully saturated rings. The van der Waals surface area contributed by atoms with Crippen LogP contribution in [0.2, 0.25) is 0 Å². The molecule has 0 bridgehead atoms. The highest BCUT2D eigenvalue weighted by Gasteiger charge is 2.26. The Morgan fingerprint density at radius 1 is 1.40 bits per heavy atom. The van der Waals surface area contributed by atoms with E-state index in [-0.39, 0.29) is 5.84 Å². The third-order valence-electron chi connectivity index (χ3n) is 3.76. The highest BCUT2D eigenvalue weighted by atomic mass is 16.1. The van der Waals surface area contributed by atoms with Crippen LogP contribution in [0.4, 0.5) is 0 Å². The van der Waals surface area contributed by atoms with Crippen molar-refractivity contribution in [3.8, 4) is 11.8 Å². The van der Waals surface area contributed by atoms with Crippen molar-refractivity contribution in [1.29, 1.82) is 0 Å². The lowest BCUT2D eigenvalue weighted by atomic mass is 10.2. The van der Waals surface area contributed by atoms with Crippen LogP contribution in [0.1, 0.15) is 13.8 Å².